The second-order valence-electron chi connectivity index (χ2n) is 3.92. The average Bonchev–Trinajstić information content (AvgIpc) is 2.34. The molecule has 0 heterocycles. The van der Waals surface area contributed by atoms with Gasteiger partial charge in [0.15, 0.2) is 0 Å². The first kappa shape index (κ1) is 13.5. The Hall–Kier alpha value is -1.55. The minimum Gasteiger partial charge on any atom is -0.497 e. The largest absolute Gasteiger partial charge is 0.497 e. The van der Waals surface area contributed by atoms with E-state index in [1.807, 2.05) is 12.1 Å². The van der Waals surface area contributed by atoms with E-state index in [2.05, 4.69) is 17.4 Å². The molecule has 4 nitrogen and oxygen atoms in total. The summed E-state index contributed by atoms with van der Waals surface area (Å²) in [6.45, 7) is 1.74. The molecule has 0 radical (unpaired) electrons. The molecule has 0 atom stereocenters. The van der Waals surface area contributed by atoms with Crippen LogP contribution in [0.25, 0.3) is 0 Å². The summed E-state index contributed by atoms with van der Waals surface area (Å²) in [5.41, 5.74) is 6.32. The summed E-state index contributed by atoms with van der Waals surface area (Å²) in [6, 6.07) is 8.04. The first-order chi connectivity index (χ1) is 8.22. The van der Waals surface area contributed by atoms with Gasteiger partial charge < -0.3 is 15.8 Å². The van der Waals surface area contributed by atoms with Gasteiger partial charge in [0.1, 0.15) is 5.75 Å². The normalized spacial score (nSPS) is 10.2. The van der Waals surface area contributed by atoms with Crippen molar-refractivity contribution in [3.63, 3.8) is 0 Å². The van der Waals surface area contributed by atoms with Crippen LogP contribution >= 0.6 is 0 Å². The number of carbonyl (C=O) groups excluding carboxylic acids is 1. The summed E-state index contributed by atoms with van der Waals surface area (Å²) >= 11 is 0. The number of hydrogen-bond acceptors (Lipinski definition) is 3. The van der Waals surface area contributed by atoms with E-state index in [0.29, 0.717) is 6.42 Å². The Kier molecular flexibility index (Phi) is 6.10. The predicted molar refractivity (Wildman–Crippen MR) is 68.0 cm³/mol. The van der Waals surface area contributed by atoms with E-state index in [1.54, 1.807) is 7.11 Å². The third-order valence-corrected chi connectivity index (χ3v) is 2.53. The van der Waals surface area contributed by atoms with E-state index in [-0.39, 0.29) is 5.91 Å². The van der Waals surface area contributed by atoms with Gasteiger partial charge in [0, 0.05) is 6.42 Å². The number of primary amides is 1. The number of hydrogen-bond donors (Lipinski definition) is 2. The molecular formula is C13H20N2O2. The molecule has 1 aromatic carbocycles. The van der Waals surface area contributed by atoms with E-state index in [4.69, 9.17) is 10.5 Å². The zero-order valence-electron chi connectivity index (χ0n) is 10.2. The fourth-order valence-corrected chi connectivity index (χ4v) is 1.54. The molecule has 0 aliphatic heterocycles. The van der Waals surface area contributed by atoms with Crippen molar-refractivity contribution in [3.05, 3.63) is 29.8 Å². The van der Waals surface area contributed by atoms with Crippen molar-refractivity contribution in [2.45, 2.75) is 19.3 Å². The first-order valence-corrected chi connectivity index (χ1v) is 5.84. The van der Waals surface area contributed by atoms with Gasteiger partial charge in [-0.3, -0.25) is 4.79 Å². The second kappa shape index (κ2) is 7.68. The van der Waals surface area contributed by atoms with Crippen LogP contribution in [0.3, 0.4) is 0 Å². The van der Waals surface area contributed by atoms with Crippen molar-refractivity contribution in [1.29, 1.82) is 0 Å². The number of carbonyl (C=O) groups is 1. The highest BCUT2D eigenvalue weighted by Gasteiger charge is 1.96. The molecule has 0 spiro atoms. The lowest BCUT2D eigenvalue weighted by atomic mass is 10.1. The highest BCUT2D eigenvalue weighted by atomic mass is 16.5. The Morgan fingerprint density at radius 1 is 1.29 bits per heavy atom. The minimum absolute atomic E-state index is 0.234. The summed E-state index contributed by atoms with van der Waals surface area (Å²) in [4.78, 5) is 10.5. The molecule has 1 aromatic rings. The Bertz CT molecular complexity index is 336. The monoisotopic (exact) mass is 236 g/mol. The van der Waals surface area contributed by atoms with E-state index in [9.17, 15) is 4.79 Å². The van der Waals surface area contributed by atoms with E-state index in [0.717, 1.165) is 31.7 Å². The van der Waals surface area contributed by atoms with Crippen LogP contribution in [0.1, 0.15) is 18.4 Å². The molecule has 0 aliphatic rings. The third kappa shape index (κ3) is 5.92. The van der Waals surface area contributed by atoms with Crippen LogP contribution in [0.15, 0.2) is 24.3 Å². The molecule has 0 aromatic heterocycles. The van der Waals surface area contributed by atoms with Crippen LogP contribution in [0.5, 0.6) is 5.75 Å². The Morgan fingerprint density at radius 3 is 2.59 bits per heavy atom. The van der Waals surface area contributed by atoms with Crippen LogP contribution in [0.4, 0.5) is 0 Å². The van der Waals surface area contributed by atoms with Crippen molar-refractivity contribution in [2.24, 2.45) is 5.73 Å². The smallest absolute Gasteiger partial charge is 0.217 e. The molecule has 0 unspecified atom stereocenters. The Morgan fingerprint density at radius 2 is 2.00 bits per heavy atom. The molecule has 1 amide bonds. The molecule has 0 saturated carbocycles. The van der Waals surface area contributed by atoms with Gasteiger partial charge in [0.25, 0.3) is 0 Å². The Balaban J connectivity index is 2.11. The minimum atomic E-state index is -0.234. The third-order valence-electron chi connectivity index (χ3n) is 2.53. The van der Waals surface area contributed by atoms with E-state index >= 15 is 0 Å². The number of methoxy groups -OCH3 is 1. The van der Waals surface area contributed by atoms with E-state index in [1.165, 1.54) is 5.56 Å². The van der Waals surface area contributed by atoms with Crippen LogP contribution in [-0.4, -0.2) is 26.1 Å². The average molecular weight is 236 g/mol. The second-order valence-corrected chi connectivity index (χ2v) is 3.92. The SMILES string of the molecule is COc1ccc(CCNCCCC(N)=O)cc1. The van der Waals surface area contributed by atoms with Gasteiger partial charge in [-0.05, 0) is 43.6 Å². The molecule has 0 fully saturated rings. The number of nitrogens with one attached hydrogen (secondary N) is 1. The summed E-state index contributed by atoms with van der Waals surface area (Å²) in [6.07, 6.45) is 2.23. The van der Waals surface area contributed by atoms with Gasteiger partial charge in [-0.2, -0.15) is 0 Å². The van der Waals surface area contributed by atoms with Crippen LogP contribution in [0.2, 0.25) is 0 Å². The topological polar surface area (TPSA) is 64.3 Å². The molecule has 1 rings (SSSR count). The maximum absolute atomic E-state index is 10.5. The zero-order chi connectivity index (χ0) is 12.5. The van der Waals surface area contributed by atoms with E-state index < -0.39 is 0 Å². The van der Waals surface area contributed by atoms with Gasteiger partial charge >= 0.3 is 0 Å². The zero-order valence-corrected chi connectivity index (χ0v) is 10.2. The molecule has 94 valence electrons. The van der Waals surface area contributed by atoms with Crippen molar-refractivity contribution >= 4 is 5.91 Å². The van der Waals surface area contributed by atoms with Gasteiger partial charge in [0.05, 0.1) is 7.11 Å². The first-order valence-electron chi connectivity index (χ1n) is 5.84. The number of rotatable bonds is 8. The lowest BCUT2D eigenvalue weighted by Crippen LogP contribution is -2.20. The maximum Gasteiger partial charge on any atom is 0.217 e. The molecule has 0 bridgehead atoms. The molecule has 0 aliphatic carbocycles. The lowest BCUT2D eigenvalue weighted by Gasteiger charge is -2.05. The fraction of sp³-hybridized carbons (Fsp3) is 0.462. The number of benzene rings is 1. The van der Waals surface area contributed by atoms with Gasteiger partial charge in [-0.15, -0.1) is 0 Å². The highest BCUT2D eigenvalue weighted by molar-refractivity contribution is 5.73. The summed E-state index contributed by atoms with van der Waals surface area (Å²) in [5.74, 6) is 0.644. The summed E-state index contributed by atoms with van der Waals surface area (Å²) in [5, 5.41) is 3.28. The number of ether oxygens (including phenoxy) is 1. The summed E-state index contributed by atoms with van der Waals surface area (Å²) < 4.78 is 5.09. The summed E-state index contributed by atoms with van der Waals surface area (Å²) in [7, 11) is 1.66. The predicted octanol–water partition coefficient (Wildman–Crippen LogP) is 1.09. The Labute approximate surface area is 102 Å². The molecule has 17 heavy (non-hydrogen) atoms. The van der Waals surface area contributed by atoms with Crippen LogP contribution < -0.4 is 15.8 Å². The van der Waals surface area contributed by atoms with Crippen molar-refractivity contribution in [3.8, 4) is 5.75 Å². The fourth-order valence-electron chi connectivity index (χ4n) is 1.54. The van der Waals surface area contributed by atoms with Crippen LogP contribution in [0, 0.1) is 0 Å². The number of amides is 1. The lowest BCUT2D eigenvalue weighted by molar-refractivity contribution is -0.118. The van der Waals surface area contributed by atoms with Gasteiger partial charge in [0.2, 0.25) is 5.91 Å². The van der Waals surface area contributed by atoms with Crippen molar-refractivity contribution in [1.82, 2.24) is 5.32 Å². The van der Waals surface area contributed by atoms with Gasteiger partial charge in [-0.25, -0.2) is 0 Å². The standard InChI is InChI=1S/C13H20N2O2/c1-17-12-6-4-11(5-7-12)8-10-15-9-2-3-13(14)16/h4-7,15H,2-3,8-10H2,1H3,(H2,14,16). The highest BCUT2D eigenvalue weighted by Crippen LogP contribution is 2.11. The van der Waals surface area contributed by atoms with Gasteiger partial charge in [-0.1, -0.05) is 12.1 Å². The molecular weight excluding hydrogens is 216 g/mol. The molecule has 4 heteroatoms. The molecule has 3 N–H and O–H groups in total. The number of nitrogens with two attached hydrogens (primary N) is 1. The van der Waals surface area contributed by atoms with Crippen molar-refractivity contribution < 1.29 is 9.53 Å². The quantitative estimate of drug-likeness (QED) is 0.664. The maximum atomic E-state index is 10.5. The van der Waals surface area contributed by atoms with Crippen LogP contribution in [-0.2, 0) is 11.2 Å². The van der Waals surface area contributed by atoms with Crippen molar-refractivity contribution in [2.75, 3.05) is 20.2 Å². The molecule has 0 saturated heterocycles.